The molecule has 0 spiro atoms. The molecule has 0 N–H and O–H groups in total. The summed E-state index contributed by atoms with van der Waals surface area (Å²) >= 11 is -0.816. The number of hydrogen-bond acceptors (Lipinski definition) is 6. The third-order valence-corrected chi connectivity index (χ3v) is 10.0. The van der Waals surface area contributed by atoms with E-state index in [-0.39, 0.29) is 19.3 Å². The van der Waals surface area contributed by atoms with Crippen molar-refractivity contribution in [2.24, 2.45) is 0 Å². The van der Waals surface area contributed by atoms with E-state index in [1.807, 2.05) is 0 Å². The van der Waals surface area contributed by atoms with E-state index in [1.54, 1.807) is 0 Å². The second-order valence-corrected chi connectivity index (χ2v) is 11.3. The summed E-state index contributed by atoms with van der Waals surface area (Å²) in [6.45, 7) is 0. The molecule has 0 bridgehead atoms. The van der Waals surface area contributed by atoms with Gasteiger partial charge in [-0.2, -0.15) is 0 Å². The topological polar surface area (TPSA) is 120 Å². The number of hydrogen-bond donors (Lipinski definition) is 0. The van der Waals surface area contributed by atoms with E-state index in [1.165, 1.54) is 12.1 Å². The predicted octanol–water partition coefficient (Wildman–Crippen LogP) is -0.938. The molecule has 0 amide bonds. The Morgan fingerprint density at radius 3 is 1.56 bits per heavy atom. The van der Waals surface area contributed by atoms with Crippen LogP contribution >= 0.6 is 0 Å². The minimum atomic E-state index is -1.02. The molecule has 0 aromatic rings. The van der Waals surface area contributed by atoms with Gasteiger partial charge in [0, 0.05) is 0 Å². The fourth-order valence-electron chi connectivity index (χ4n) is 2.81. The van der Waals surface area contributed by atoms with Crippen LogP contribution in [0.15, 0.2) is 8.85 Å². The maximum atomic E-state index is 10.5. The van der Waals surface area contributed by atoms with Crippen molar-refractivity contribution in [1.82, 2.24) is 0 Å². The van der Waals surface area contributed by atoms with Gasteiger partial charge in [-0.15, -0.1) is 0 Å². The molecule has 0 aromatic heterocycles. The summed E-state index contributed by atoms with van der Waals surface area (Å²) in [5, 5.41) is 31.4. The molecular formula is C18H24BiO6-3. The number of aliphatic carboxylic acids is 3. The van der Waals surface area contributed by atoms with Crippen LogP contribution in [0.25, 0.3) is 0 Å². The van der Waals surface area contributed by atoms with Crippen LogP contribution in [0.3, 0.4) is 0 Å². The van der Waals surface area contributed by atoms with Crippen LogP contribution in [0.2, 0.25) is 0 Å². The summed E-state index contributed by atoms with van der Waals surface area (Å²) in [5.41, 5.74) is 1.37. The van der Waals surface area contributed by atoms with E-state index < -0.39 is 40.7 Å². The second kappa shape index (κ2) is 12.3. The molecule has 0 atom stereocenters. The Morgan fingerprint density at radius 2 is 1.08 bits per heavy atom. The summed E-state index contributed by atoms with van der Waals surface area (Å²) in [5.74, 6) is -3.04. The van der Waals surface area contributed by atoms with Gasteiger partial charge in [-0.1, -0.05) is 0 Å². The fourth-order valence-corrected chi connectivity index (χ4v) is 8.49. The van der Waals surface area contributed by atoms with Gasteiger partial charge in [0.05, 0.1) is 0 Å². The van der Waals surface area contributed by atoms with Crippen molar-refractivity contribution >= 4 is 43.9 Å². The standard InChI is InChI=1S/C18H27O6.Bi/c19-16(20)12-5-1-3-9-15(11-7-8-14-18(23)24)10-4-2-6-13-17(21)22;/h1-8,11-14H2,(H,19,20)(H,21,22)(H,23,24);/p-3. The zero-order valence-corrected chi connectivity index (χ0v) is 17.9. The Balaban J connectivity index is 2.41. The summed E-state index contributed by atoms with van der Waals surface area (Å²) in [7, 11) is 0. The van der Waals surface area contributed by atoms with E-state index in [9.17, 15) is 29.7 Å². The number of unbranched alkanes of at least 4 members (excludes halogenated alkanes) is 3. The molecule has 0 aliphatic carbocycles. The summed E-state index contributed by atoms with van der Waals surface area (Å²) in [4.78, 5) is 31.4. The molecule has 0 radical (unpaired) electrons. The molecular weight excluding hydrogens is 521 g/mol. The van der Waals surface area contributed by atoms with Crippen molar-refractivity contribution in [3.8, 4) is 0 Å². The van der Waals surface area contributed by atoms with Gasteiger partial charge in [0.2, 0.25) is 0 Å². The van der Waals surface area contributed by atoms with Crippen molar-refractivity contribution < 1.29 is 29.7 Å². The van der Waals surface area contributed by atoms with Gasteiger partial charge >= 0.3 is 159 Å². The normalized spacial score (nSPS) is 13.4. The van der Waals surface area contributed by atoms with Crippen LogP contribution in [-0.2, 0) is 14.4 Å². The molecule has 25 heavy (non-hydrogen) atoms. The zero-order chi connectivity index (χ0) is 18.7. The first-order chi connectivity index (χ1) is 11.9. The monoisotopic (exact) mass is 545 g/mol. The van der Waals surface area contributed by atoms with E-state index in [0.717, 1.165) is 38.5 Å². The molecule has 0 saturated heterocycles. The first-order valence-electron chi connectivity index (χ1n) is 8.79. The quantitative estimate of drug-likeness (QED) is 0.194. The van der Waals surface area contributed by atoms with Gasteiger partial charge in [-0.3, -0.25) is 0 Å². The molecule has 0 saturated carbocycles. The zero-order valence-electron chi connectivity index (χ0n) is 14.4. The van der Waals surface area contributed by atoms with Crippen molar-refractivity contribution in [1.29, 1.82) is 0 Å². The Kier molecular flexibility index (Phi) is 10.8. The van der Waals surface area contributed by atoms with Gasteiger partial charge < -0.3 is 0 Å². The average molecular weight is 545 g/mol. The summed E-state index contributed by atoms with van der Waals surface area (Å²) < 4.78 is 3.03. The predicted molar refractivity (Wildman–Crippen MR) is 88.2 cm³/mol. The first-order valence-corrected chi connectivity index (χ1v) is 12.3. The second-order valence-electron chi connectivity index (χ2n) is 6.22. The maximum absolute atomic E-state index is 10.5. The van der Waals surface area contributed by atoms with Crippen LogP contribution < -0.4 is 15.3 Å². The van der Waals surface area contributed by atoms with Crippen molar-refractivity contribution in [3.63, 3.8) is 0 Å². The molecule has 0 fully saturated rings. The van der Waals surface area contributed by atoms with Gasteiger partial charge in [0.15, 0.2) is 0 Å². The van der Waals surface area contributed by atoms with Crippen LogP contribution in [0.5, 0.6) is 0 Å². The Labute approximate surface area is 159 Å². The molecule has 0 aromatic carbocycles. The van der Waals surface area contributed by atoms with Gasteiger partial charge in [0.1, 0.15) is 0 Å². The molecule has 1 heterocycles. The average Bonchev–Trinajstić information content (AvgIpc) is 2.50. The van der Waals surface area contributed by atoms with Crippen molar-refractivity contribution in [2.45, 2.75) is 77.0 Å². The molecule has 6 nitrogen and oxygen atoms in total. The van der Waals surface area contributed by atoms with E-state index in [4.69, 9.17) is 0 Å². The van der Waals surface area contributed by atoms with Crippen LogP contribution in [0, 0.1) is 0 Å². The third kappa shape index (κ3) is 9.83. The SMILES string of the molecule is O=C([O-])CCCC[C]1=[Bi][C](CCCCC(=O)[O-])=C1CCCCC(=O)[O-]. The Hall–Kier alpha value is -1.10. The Morgan fingerprint density at radius 1 is 0.640 bits per heavy atom. The van der Waals surface area contributed by atoms with Crippen molar-refractivity contribution in [3.05, 3.63) is 8.85 Å². The van der Waals surface area contributed by atoms with Crippen LogP contribution in [0.1, 0.15) is 77.0 Å². The number of allylic oxidation sites excluding steroid dienone is 2. The van der Waals surface area contributed by atoms with Gasteiger partial charge in [0.25, 0.3) is 0 Å². The van der Waals surface area contributed by atoms with E-state index >= 15 is 0 Å². The number of carboxylic acids is 3. The number of carbonyl (C=O) groups is 3. The van der Waals surface area contributed by atoms with Crippen LogP contribution in [-0.4, -0.2) is 43.9 Å². The minimum absolute atomic E-state index is 0.0794. The molecule has 7 heteroatoms. The van der Waals surface area contributed by atoms with E-state index in [2.05, 4.69) is 0 Å². The van der Waals surface area contributed by atoms with E-state index in [0.29, 0.717) is 19.3 Å². The summed E-state index contributed by atoms with van der Waals surface area (Å²) in [6.07, 6.45) is 7.44. The molecule has 1 aliphatic rings. The van der Waals surface area contributed by atoms with Crippen LogP contribution in [0.4, 0.5) is 0 Å². The molecule has 1 aliphatic heterocycles. The Bertz CT molecular complexity index is 550. The number of carboxylic acid groups (broad SMARTS) is 3. The number of rotatable bonds is 15. The van der Waals surface area contributed by atoms with Gasteiger partial charge in [-0.25, -0.2) is 0 Å². The molecule has 1 rings (SSSR count). The summed E-state index contributed by atoms with van der Waals surface area (Å²) in [6, 6.07) is 0. The van der Waals surface area contributed by atoms with Gasteiger partial charge in [-0.05, 0) is 0 Å². The van der Waals surface area contributed by atoms with Crippen molar-refractivity contribution in [2.75, 3.05) is 0 Å². The molecule has 140 valence electrons. The third-order valence-electron chi connectivity index (χ3n) is 4.11. The molecule has 0 unspecified atom stereocenters. The first kappa shape index (κ1) is 21.9. The fraction of sp³-hybridized carbons (Fsp3) is 0.667. The number of carbonyl (C=O) groups excluding carboxylic acids is 3.